The highest BCUT2D eigenvalue weighted by molar-refractivity contribution is 7.17. The van der Waals surface area contributed by atoms with Crippen LogP contribution in [0.3, 0.4) is 0 Å². The van der Waals surface area contributed by atoms with Crippen molar-refractivity contribution < 1.29 is 0 Å². The van der Waals surface area contributed by atoms with Gasteiger partial charge in [-0.1, -0.05) is 44.9 Å². The van der Waals surface area contributed by atoms with Crippen LogP contribution in [0, 0.1) is 5.92 Å². The normalized spacial score (nSPS) is 13.3. The molecular weight excluding hydrogens is 238 g/mol. The Morgan fingerprint density at radius 3 is 2.44 bits per heavy atom. The molecule has 0 spiro atoms. The van der Waals surface area contributed by atoms with E-state index in [4.69, 9.17) is 5.73 Å². The Bertz CT molecular complexity index is 483. The molecule has 2 rings (SSSR count). The van der Waals surface area contributed by atoms with Gasteiger partial charge in [-0.15, -0.1) is 11.3 Å². The molecule has 0 aliphatic heterocycles. The predicted molar refractivity (Wildman–Crippen MR) is 82.1 cm³/mol. The molecular formula is C16H23NS. The van der Waals surface area contributed by atoms with Crippen LogP contribution in [-0.4, -0.2) is 0 Å². The minimum atomic E-state index is 0.195. The first-order valence-electron chi connectivity index (χ1n) is 6.99. The Morgan fingerprint density at radius 1 is 1.11 bits per heavy atom. The fraction of sp³-hybridized carbons (Fsp3) is 0.500. The number of hydrogen-bond acceptors (Lipinski definition) is 2. The molecule has 18 heavy (non-hydrogen) atoms. The van der Waals surface area contributed by atoms with Crippen LogP contribution in [0.15, 0.2) is 29.6 Å². The van der Waals surface area contributed by atoms with Crippen molar-refractivity contribution in [2.45, 2.75) is 45.6 Å². The second kappa shape index (κ2) is 6.35. The molecule has 0 fully saturated rings. The summed E-state index contributed by atoms with van der Waals surface area (Å²) in [7, 11) is 0. The van der Waals surface area contributed by atoms with Gasteiger partial charge in [0.2, 0.25) is 0 Å². The molecule has 0 radical (unpaired) electrons. The van der Waals surface area contributed by atoms with Crippen molar-refractivity contribution in [1.29, 1.82) is 0 Å². The fourth-order valence-corrected chi connectivity index (χ4v) is 3.76. The standard InChI is InChI=1S/C16H23NS/c1-3-7-12(8-4-2)16(17)14-11-18-15-10-6-5-9-13(14)15/h5-6,9-12,16H,3-4,7-8,17H2,1-2H3. The van der Waals surface area contributed by atoms with Crippen molar-refractivity contribution in [2.24, 2.45) is 11.7 Å². The Labute approximate surface area is 114 Å². The molecule has 0 saturated heterocycles. The number of benzene rings is 1. The van der Waals surface area contributed by atoms with Crippen LogP contribution < -0.4 is 5.73 Å². The summed E-state index contributed by atoms with van der Waals surface area (Å²) >= 11 is 1.82. The van der Waals surface area contributed by atoms with E-state index in [2.05, 4.69) is 43.5 Å². The highest BCUT2D eigenvalue weighted by Gasteiger charge is 2.20. The molecule has 1 aromatic heterocycles. The van der Waals surface area contributed by atoms with Crippen LogP contribution >= 0.6 is 11.3 Å². The van der Waals surface area contributed by atoms with Gasteiger partial charge in [-0.2, -0.15) is 0 Å². The van der Waals surface area contributed by atoms with Crippen molar-refractivity contribution in [2.75, 3.05) is 0 Å². The number of thiophene rings is 1. The zero-order valence-corrected chi connectivity index (χ0v) is 12.2. The third kappa shape index (κ3) is 2.76. The average Bonchev–Trinajstić information content (AvgIpc) is 2.81. The van der Waals surface area contributed by atoms with Crippen molar-refractivity contribution >= 4 is 21.4 Å². The van der Waals surface area contributed by atoms with E-state index in [9.17, 15) is 0 Å². The van der Waals surface area contributed by atoms with Crippen molar-refractivity contribution in [3.8, 4) is 0 Å². The molecule has 0 aliphatic rings. The summed E-state index contributed by atoms with van der Waals surface area (Å²) in [4.78, 5) is 0. The van der Waals surface area contributed by atoms with E-state index >= 15 is 0 Å². The van der Waals surface area contributed by atoms with Gasteiger partial charge in [0, 0.05) is 10.7 Å². The van der Waals surface area contributed by atoms with E-state index in [0.717, 1.165) is 0 Å². The largest absolute Gasteiger partial charge is 0.324 e. The predicted octanol–water partition coefficient (Wildman–Crippen LogP) is 5.12. The van der Waals surface area contributed by atoms with Gasteiger partial charge in [-0.3, -0.25) is 0 Å². The van der Waals surface area contributed by atoms with Crippen molar-refractivity contribution in [3.05, 3.63) is 35.2 Å². The molecule has 2 heteroatoms. The second-order valence-electron chi connectivity index (χ2n) is 5.05. The van der Waals surface area contributed by atoms with E-state index < -0.39 is 0 Å². The Kier molecular flexibility index (Phi) is 4.79. The summed E-state index contributed by atoms with van der Waals surface area (Å²) in [5.74, 6) is 0.623. The third-order valence-electron chi connectivity index (χ3n) is 3.70. The summed E-state index contributed by atoms with van der Waals surface area (Å²) in [5.41, 5.74) is 7.88. The first-order valence-corrected chi connectivity index (χ1v) is 7.87. The molecule has 2 N–H and O–H groups in total. The molecule has 0 bridgehead atoms. The van der Waals surface area contributed by atoms with Crippen LogP contribution in [0.2, 0.25) is 0 Å². The maximum atomic E-state index is 6.53. The lowest BCUT2D eigenvalue weighted by Crippen LogP contribution is -2.21. The molecule has 1 atom stereocenters. The topological polar surface area (TPSA) is 26.0 Å². The summed E-state index contributed by atoms with van der Waals surface area (Å²) in [6, 6.07) is 8.80. The number of nitrogens with two attached hydrogens (primary N) is 1. The molecule has 98 valence electrons. The fourth-order valence-electron chi connectivity index (χ4n) is 2.76. The zero-order chi connectivity index (χ0) is 13.0. The summed E-state index contributed by atoms with van der Waals surface area (Å²) in [5, 5.41) is 3.61. The lowest BCUT2D eigenvalue weighted by molar-refractivity contribution is 0.370. The van der Waals surface area contributed by atoms with Gasteiger partial charge in [0.1, 0.15) is 0 Å². The quantitative estimate of drug-likeness (QED) is 0.767. The van der Waals surface area contributed by atoms with Gasteiger partial charge < -0.3 is 5.73 Å². The van der Waals surface area contributed by atoms with Crippen molar-refractivity contribution in [3.63, 3.8) is 0 Å². The van der Waals surface area contributed by atoms with Gasteiger partial charge in [0.25, 0.3) is 0 Å². The summed E-state index contributed by atoms with van der Waals surface area (Å²) in [6.07, 6.45) is 4.92. The zero-order valence-electron chi connectivity index (χ0n) is 11.4. The van der Waals surface area contributed by atoms with Gasteiger partial charge in [0.15, 0.2) is 0 Å². The minimum Gasteiger partial charge on any atom is -0.324 e. The van der Waals surface area contributed by atoms with E-state index in [1.54, 1.807) is 0 Å². The molecule has 1 unspecified atom stereocenters. The van der Waals surface area contributed by atoms with Gasteiger partial charge in [-0.05, 0) is 41.2 Å². The summed E-state index contributed by atoms with van der Waals surface area (Å²) in [6.45, 7) is 4.50. The van der Waals surface area contributed by atoms with E-state index in [1.807, 2.05) is 11.3 Å². The van der Waals surface area contributed by atoms with E-state index in [1.165, 1.54) is 41.3 Å². The molecule has 1 nitrogen and oxygen atoms in total. The Hall–Kier alpha value is -0.860. The molecule has 0 amide bonds. The minimum absolute atomic E-state index is 0.195. The first kappa shape index (κ1) is 13.6. The van der Waals surface area contributed by atoms with Crippen molar-refractivity contribution in [1.82, 2.24) is 0 Å². The maximum Gasteiger partial charge on any atom is 0.0346 e. The lowest BCUT2D eigenvalue weighted by atomic mass is 9.87. The van der Waals surface area contributed by atoms with E-state index in [-0.39, 0.29) is 6.04 Å². The van der Waals surface area contributed by atoms with Gasteiger partial charge in [-0.25, -0.2) is 0 Å². The highest BCUT2D eigenvalue weighted by atomic mass is 32.1. The van der Waals surface area contributed by atoms with Crippen LogP contribution in [-0.2, 0) is 0 Å². The lowest BCUT2D eigenvalue weighted by Gasteiger charge is -2.23. The molecule has 1 aromatic carbocycles. The smallest absolute Gasteiger partial charge is 0.0346 e. The Morgan fingerprint density at radius 2 is 1.78 bits per heavy atom. The number of rotatable bonds is 6. The summed E-state index contributed by atoms with van der Waals surface area (Å²) < 4.78 is 1.36. The van der Waals surface area contributed by atoms with Gasteiger partial charge in [0.05, 0.1) is 0 Å². The SMILES string of the molecule is CCCC(CCC)C(N)c1csc2ccccc12. The average molecular weight is 261 g/mol. The van der Waals surface area contributed by atoms with Crippen LogP contribution in [0.4, 0.5) is 0 Å². The van der Waals surface area contributed by atoms with Gasteiger partial charge >= 0.3 is 0 Å². The van der Waals surface area contributed by atoms with Crippen LogP contribution in [0.5, 0.6) is 0 Å². The molecule has 1 heterocycles. The monoisotopic (exact) mass is 261 g/mol. The first-order chi connectivity index (χ1) is 8.77. The third-order valence-corrected chi connectivity index (χ3v) is 4.68. The van der Waals surface area contributed by atoms with Crippen LogP contribution in [0.1, 0.15) is 51.1 Å². The Balaban J connectivity index is 2.28. The molecule has 0 saturated carbocycles. The highest BCUT2D eigenvalue weighted by Crippen LogP contribution is 2.35. The maximum absolute atomic E-state index is 6.53. The number of hydrogen-bond donors (Lipinski definition) is 1. The molecule has 2 aromatic rings. The van der Waals surface area contributed by atoms with Crippen LogP contribution in [0.25, 0.3) is 10.1 Å². The second-order valence-corrected chi connectivity index (χ2v) is 5.96. The molecule has 0 aliphatic carbocycles. The van der Waals surface area contributed by atoms with E-state index in [0.29, 0.717) is 5.92 Å². The number of fused-ring (bicyclic) bond motifs is 1.